The quantitative estimate of drug-likeness (QED) is 0.889. The number of pyridine rings is 1. The number of likely N-dealkylation sites (tertiary alicyclic amines) is 1. The maximum Gasteiger partial charge on any atom is 0.324 e. The summed E-state index contributed by atoms with van der Waals surface area (Å²) in [4.78, 5) is 17.9. The lowest BCUT2D eigenvalue weighted by Gasteiger charge is -2.38. The van der Waals surface area contributed by atoms with Gasteiger partial charge in [0.2, 0.25) is 0 Å². The van der Waals surface area contributed by atoms with Crippen LogP contribution >= 0.6 is 0 Å². The van der Waals surface area contributed by atoms with E-state index in [-0.39, 0.29) is 6.04 Å². The number of aromatic nitrogens is 1. The Hall–Kier alpha value is -1.42. The number of rotatable bonds is 4. The normalized spacial score (nSPS) is 26.1. The monoisotopic (exact) mass is 248 g/mol. The lowest BCUT2D eigenvalue weighted by Crippen LogP contribution is -2.50. The topological polar surface area (TPSA) is 53.4 Å². The number of hydrogen-bond donors (Lipinski definition) is 1. The minimum Gasteiger partial charge on any atom is -0.480 e. The molecule has 0 saturated carbocycles. The highest BCUT2D eigenvalue weighted by Gasteiger charge is 2.48. The van der Waals surface area contributed by atoms with Crippen molar-refractivity contribution < 1.29 is 9.90 Å². The van der Waals surface area contributed by atoms with Crippen molar-refractivity contribution in [3.05, 3.63) is 30.1 Å². The molecule has 1 N–H and O–H groups in total. The van der Waals surface area contributed by atoms with Crippen molar-refractivity contribution in [3.8, 4) is 0 Å². The molecule has 0 aliphatic carbocycles. The molecule has 1 aromatic heterocycles. The third kappa shape index (κ3) is 2.01. The predicted octanol–water partition coefficient (Wildman–Crippen LogP) is 2.47. The summed E-state index contributed by atoms with van der Waals surface area (Å²) in [5.41, 5.74) is 0.383. The first-order valence-corrected chi connectivity index (χ1v) is 6.52. The summed E-state index contributed by atoms with van der Waals surface area (Å²) < 4.78 is 0. The van der Waals surface area contributed by atoms with E-state index in [2.05, 4.69) is 16.8 Å². The highest BCUT2D eigenvalue weighted by molar-refractivity contribution is 5.79. The van der Waals surface area contributed by atoms with Gasteiger partial charge in [0, 0.05) is 18.4 Å². The molecule has 98 valence electrons. The molecule has 2 unspecified atom stereocenters. The summed E-state index contributed by atoms with van der Waals surface area (Å²) in [5.74, 6) is -0.696. The van der Waals surface area contributed by atoms with Gasteiger partial charge in [-0.05, 0) is 44.4 Å². The minimum atomic E-state index is -0.699. The lowest BCUT2D eigenvalue weighted by molar-refractivity contribution is -0.151. The lowest BCUT2D eigenvalue weighted by atomic mass is 9.91. The predicted molar refractivity (Wildman–Crippen MR) is 69.2 cm³/mol. The Kier molecular flexibility index (Phi) is 3.66. The Balaban J connectivity index is 2.29. The number of aliphatic carboxylic acids is 1. The fourth-order valence-corrected chi connectivity index (χ4v) is 3.03. The van der Waals surface area contributed by atoms with Crippen LogP contribution in [0.3, 0.4) is 0 Å². The Bertz CT molecular complexity index is 421. The molecule has 0 bridgehead atoms. The highest BCUT2D eigenvalue weighted by atomic mass is 16.4. The third-order valence-electron chi connectivity index (χ3n) is 4.16. The second-order valence-corrected chi connectivity index (χ2v) is 4.95. The van der Waals surface area contributed by atoms with Gasteiger partial charge in [-0.15, -0.1) is 0 Å². The van der Waals surface area contributed by atoms with Crippen molar-refractivity contribution in [2.24, 2.45) is 0 Å². The van der Waals surface area contributed by atoms with Crippen LogP contribution in [0.25, 0.3) is 0 Å². The second kappa shape index (κ2) is 5.06. The van der Waals surface area contributed by atoms with Crippen molar-refractivity contribution in [3.63, 3.8) is 0 Å². The largest absolute Gasteiger partial charge is 0.480 e. The SMILES string of the molecule is CCC1(C(=O)O)CCCN1C(C)c1cccnc1. The number of carboxylic acid groups (broad SMARTS) is 1. The number of carboxylic acids is 1. The second-order valence-electron chi connectivity index (χ2n) is 4.95. The van der Waals surface area contributed by atoms with Gasteiger partial charge in [0.05, 0.1) is 0 Å². The third-order valence-corrected chi connectivity index (χ3v) is 4.16. The zero-order valence-electron chi connectivity index (χ0n) is 11.0. The molecule has 1 saturated heterocycles. The van der Waals surface area contributed by atoms with Gasteiger partial charge in [0.15, 0.2) is 0 Å². The maximum atomic E-state index is 11.6. The molecule has 1 fully saturated rings. The van der Waals surface area contributed by atoms with E-state index >= 15 is 0 Å². The van der Waals surface area contributed by atoms with Crippen LogP contribution in [-0.4, -0.2) is 33.0 Å². The fraction of sp³-hybridized carbons (Fsp3) is 0.571. The summed E-state index contributed by atoms with van der Waals surface area (Å²) in [7, 11) is 0. The summed E-state index contributed by atoms with van der Waals surface area (Å²) in [6.45, 7) is 4.87. The molecular weight excluding hydrogens is 228 g/mol. The first kappa shape index (κ1) is 13.0. The Morgan fingerprint density at radius 3 is 3.00 bits per heavy atom. The minimum absolute atomic E-state index is 0.0947. The molecule has 2 heterocycles. The van der Waals surface area contributed by atoms with E-state index in [0.717, 1.165) is 24.9 Å². The van der Waals surface area contributed by atoms with Crippen molar-refractivity contribution in [1.29, 1.82) is 0 Å². The molecule has 1 aliphatic heterocycles. The van der Waals surface area contributed by atoms with Crippen molar-refractivity contribution in [2.45, 2.75) is 44.7 Å². The van der Waals surface area contributed by atoms with Crippen LogP contribution < -0.4 is 0 Å². The number of hydrogen-bond acceptors (Lipinski definition) is 3. The van der Waals surface area contributed by atoms with Crippen molar-refractivity contribution in [2.75, 3.05) is 6.54 Å². The van der Waals surface area contributed by atoms with Crippen LogP contribution in [0, 0.1) is 0 Å². The molecule has 4 heteroatoms. The molecule has 0 amide bonds. The molecule has 4 nitrogen and oxygen atoms in total. The zero-order chi connectivity index (χ0) is 13.2. The van der Waals surface area contributed by atoms with Gasteiger partial charge < -0.3 is 5.11 Å². The molecule has 18 heavy (non-hydrogen) atoms. The fourth-order valence-electron chi connectivity index (χ4n) is 3.03. The molecule has 0 aromatic carbocycles. The molecule has 2 rings (SSSR count). The van der Waals surface area contributed by atoms with E-state index in [1.807, 2.05) is 25.3 Å². The smallest absolute Gasteiger partial charge is 0.324 e. The van der Waals surface area contributed by atoms with Crippen molar-refractivity contribution >= 4 is 5.97 Å². The van der Waals surface area contributed by atoms with Gasteiger partial charge in [-0.1, -0.05) is 13.0 Å². The molecule has 2 atom stereocenters. The number of nitrogens with zero attached hydrogens (tertiary/aromatic N) is 2. The molecule has 1 aliphatic rings. The van der Waals surface area contributed by atoms with Gasteiger partial charge >= 0.3 is 5.97 Å². The van der Waals surface area contributed by atoms with Gasteiger partial charge in [0.25, 0.3) is 0 Å². The maximum absolute atomic E-state index is 11.6. The van der Waals surface area contributed by atoms with Crippen LogP contribution in [-0.2, 0) is 4.79 Å². The summed E-state index contributed by atoms with van der Waals surface area (Å²) in [5, 5.41) is 9.57. The Morgan fingerprint density at radius 1 is 1.67 bits per heavy atom. The van der Waals surface area contributed by atoms with Crippen molar-refractivity contribution in [1.82, 2.24) is 9.88 Å². The van der Waals surface area contributed by atoms with E-state index in [0.29, 0.717) is 6.42 Å². The standard InChI is InChI=1S/C14H20N2O2/c1-3-14(13(17)18)7-5-9-16(14)11(2)12-6-4-8-15-10-12/h4,6,8,10-11H,3,5,7,9H2,1-2H3,(H,17,18). The van der Waals surface area contributed by atoms with Gasteiger partial charge in [0.1, 0.15) is 5.54 Å². The molecular formula is C14H20N2O2. The summed E-state index contributed by atoms with van der Waals surface area (Å²) in [6.07, 6.45) is 5.90. The van der Waals surface area contributed by atoms with Crippen LogP contribution in [0.15, 0.2) is 24.5 Å². The van der Waals surface area contributed by atoms with E-state index < -0.39 is 11.5 Å². The van der Waals surface area contributed by atoms with Crippen LogP contribution in [0.4, 0.5) is 0 Å². The highest BCUT2D eigenvalue weighted by Crippen LogP contribution is 2.39. The molecule has 1 aromatic rings. The van der Waals surface area contributed by atoms with E-state index in [1.54, 1.807) is 6.20 Å². The van der Waals surface area contributed by atoms with Crippen LogP contribution in [0.5, 0.6) is 0 Å². The summed E-state index contributed by atoms with van der Waals surface area (Å²) in [6, 6.07) is 4.01. The Morgan fingerprint density at radius 2 is 2.44 bits per heavy atom. The van der Waals surface area contributed by atoms with Crippen LogP contribution in [0.1, 0.15) is 44.7 Å². The van der Waals surface area contributed by atoms with Crippen LogP contribution in [0.2, 0.25) is 0 Å². The van der Waals surface area contributed by atoms with E-state index in [9.17, 15) is 9.90 Å². The Labute approximate surface area is 108 Å². The number of carbonyl (C=O) groups is 1. The summed E-state index contributed by atoms with van der Waals surface area (Å²) >= 11 is 0. The molecule has 0 spiro atoms. The van der Waals surface area contributed by atoms with Gasteiger partial charge in [-0.2, -0.15) is 0 Å². The van der Waals surface area contributed by atoms with E-state index in [4.69, 9.17) is 0 Å². The average molecular weight is 248 g/mol. The van der Waals surface area contributed by atoms with E-state index in [1.165, 1.54) is 0 Å². The first-order chi connectivity index (χ1) is 8.62. The van der Waals surface area contributed by atoms with Gasteiger partial charge in [-0.3, -0.25) is 14.7 Å². The molecule has 0 radical (unpaired) electrons. The zero-order valence-corrected chi connectivity index (χ0v) is 11.0. The van der Waals surface area contributed by atoms with Gasteiger partial charge in [-0.25, -0.2) is 0 Å². The average Bonchev–Trinajstić information content (AvgIpc) is 2.84. The first-order valence-electron chi connectivity index (χ1n) is 6.52.